The fraction of sp³-hybridized carbons (Fsp3) is 0.391. The predicted molar refractivity (Wildman–Crippen MR) is 120 cm³/mol. The quantitative estimate of drug-likeness (QED) is 0.607. The number of carbonyl (C=O) groups excluding carboxylic acids is 1. The van der Waals surface area contributed by atoms with Gasteiger partial charge in [0.25, 0.3) is 0 Å². The van der Waals surface area contributed by atoms with Crippen LogP contribution >= 0.6 is 11.8 Å². The molecule has 5 nitrogen and oxygen atoms in total. The molecule has 1 aromatic rings. The minimum atomic E-state index is -0.531. The first kappa shape index (κ1) is 22.5. The summed E-state index contributed by atoms with van der Waals surface area (Å²) in [5.74, 6) is -0.0907. The highest BCUT2D eigenvalue weighted by Gasteiger charge is 2.30. The van der Waals surface area contributed by atoms with Gasteiger partial charge < -0.3 is 5.32 Å². The number of benzene rings is 1. The Morgan fingerprint density at radius 1 is 1.10 bits per heavy atom. The van der Waals surface area contributed by atoms with Crippen molar-refractivity contribution >= 4 is 34.1 Å². The molecule has 1 N–H and O–H groups in total. The summed E-state index contributed by atoms with van der Waals surface area (Å²) in [4.78, 5) is 18.0. The van der Waals surface area contributed by atoms with E-state index in [0.29, 0.717) is 16.3 Å². The van der Waals surface area contributed by atoms with Gasteiger partial charge in [0.05, 0.1) is 11.4 Å². The van der Waals surface area contributed by atoms with Gasteiger partial charge in [0, 0.05) is 10.3 Å². The molecule has 6 heteroatoms. The van der Waals surface area contributed by atoms with Crippen LogP contribution in [0.4, 0.5) is 11.4 Å². The Morgan fingerprint density at radius 3 is 2.24 bits per heavy atom. The summed E-state index contributed by atoms with van der Waals surface area (Å²) in [7, 11) is 0. The number of nitriles is 2. The molecule has 2 rings (SSSR count). The molecule has 0 aliphatic carbocycles. The topological polar surface area (TPSA) is 89.0 Å². The zero-order chi connectivity index (χ0) is 22.0. The van der Waals surface area contributed by atoms with Crippen molar-refractivity contribution in [1.82, 2.24) is 0 Å². The third-order valence-electron chi connectivity index (χ3n) is 4.29. The molecule has 0 saturated heterocycles. The van der Waals surface area contributed by atoms with Crippen LogP contribution in [0.2, 0.25) is 0 Å². The fourth-order valence-corrected chi connectivity index (χ4v) is 3.72. The summed E-state index contributed by atoms with van der Waals surface area (Å²) in [6, 6.07) is 9.62. The number of amides is 1. The predicted octanol–water partition coefficient (Wildman–Crippen LogP) is 6.03. The van der Waals surface area contributed by atoms with Crippen molar-refractivity contribution in [1.29, 1.82) is 10.5 Å². The third kappa shape index (κ3) is 5.37. The van der Waals surface area contributed by atoms with E-state index in [-0.39, 0.29) is 16.9 Å². The molecule has 0 aromatic heterocycles. The lowest BCUT2D eigenvalue weighted by atomic mass is 9.86. The number of anilines is 1. The van der Waals surface area contributed by atoms with Gasteiger partial charge in [0.1, 0.15) is 22.8 Å². The summed E-state index contributed by atoms with van der Waals surface area (Å²) in [6.07, 6.45) is 1.87. The van der Waals surface area contributed by atoms with Gasteiger partial charge in [-0.15, -0.1) is 0 Å². The van der Waals surface area contributed by atoms with Crippen molar-refractivity contribution in [2.75, 3.05) is 5.32 Å². The van der Waals surface area contributed by atoms with Crippen molar-refractivity contribution in [3.8, 4) is 12.1 Å². The second-order valence-corrected chi connectivity index (χ2v) is 10.0. The van der Waals surface area contributed by atoms with E-state index in [1.807, 2.05) is 64.1 Å². The maximum atomic E-state index is 12.5. The average Bonchev–Trinajstić information content (AvgIpc) is 3.01. The van der Waals surface area contributed by atoms with Gasteiger partial charge in [-0.05, 0) is 41.7 Å². The van der Waals surface area contributed by atoms with Crippen molar-refractivity contribution in [3.05, 3.63) is 45.9 Å². The van der Waals surface area contributed by atoms with E-state index in [4.69, 9.17) is 4.99 Å². The van der Waals surface area contributed by atoms with E-state index in [1.165, 1.54) is 11.8 Å². The van der Waals surface area contributed by atoms with Gasteiger partial charge in [-0.2, -0.15) is 10.5 Å². The minimum absolute atomic E-state index is 0.0760. The lowest BCUT2D eigenvalue weighted by Crippen LogP contribution is -2.27. The van der Waals surface area contributed by atoms with Gasteiger partial charge in [-0.25, -0.2) is 4.99 Å². The number of aliphatic imine (C=N–C) groups is 1. The molecule has 0 saturated carbocycles. The summed E-state index contributed by atoms with van der Waals surface area (Å²) in [5.41, 5.74) is 2.58. The van der Waals surface area contributed by atoms with Crippen molar-refractivity contribution in [2.45, 2.75) is 48.5 Å². The Hall–Kier alpha value is -2.83. The van der Waals surface area contributed by atoms with Gasteiger partial charge in [0.2, 0.25) is 5.91 Å². The zero-order valence-electron chi connectivity index (χ0n) is 18.0. The van der Waals surface area contributed by atoms with Crippen LogP contribution < -0.4 is 5.32 Å². The Morgan fingerprint density at radius 2 is 1.72 bits per heavy atom. The number of hydrogen-bond acceptors (Lipinski definition) is 5. The van der Waals surface area contributed by atoms with Crippen molar-refractivity contribution in [3.63, 3.8) is 0 Å². The van der Waals surface area contributed by atoms with Gasteiger partial charge in [0.15, 0.2) is 0 Å². The molecule has 0 unspecified atom stereocenters. The van der Waals surface area contributed by atoms with Crippen LogP contribution in [0.1, 0.15) is 47.1 Å². The van der Waals surface area contributed by atoms with Crippen LogP contribution in [0.3, 0.4) is 0 Å². The van der Waals surface area contributed by atoms with Gasteiger partial charge in [-0.3, -0.25) is 4.79 Å². The number of allylic oxidation sites excluding steroid dienone is 2. The molecule has 29 heavy (non-hydrogen) atoms. The van der Waals surface area contributed by atoms with Crippen LogP contribution in [0, 0.1) is 40.4 Å². The first-order valence-corrected chi connectivity index (χ1v) is 10.1. The molecule has 1 heterocycles. The number of thioether (sulfide) groups is 1. The molecular formula is C23H26N4OS. The summed E-state index contributed by atoms with van der Waals surface area (Å²) in [5, 5.41) is 22.2. The number of hydrogen-bond donors (Lipinski definition) is 1. The molecular weight excluding hydrogens is 380 g/mol. The molecule has 0 spiro atoms. The van der Waals surface area contributed by atoms with Gasteiger partial charge in [-0.1, -0.05) is 59.4 Å². The monoisotopic (exact) mass is 406 g/mol. The highest BCUT2D eigenvalue weighted by atomic mass is 32.2. The molecule has 1 amide bonds. The maximum absolute atomic E-state index is 12.5. The second-order valence-electron chi connectivity index (χ2n) is 9.01. The molecule has 1 aliphatic rings. The molecule has 0 bridgehead atoms. The number of nitrogens with one attached hydrogen (secondary N) is 1. The minimum Gasteiger partial charge on any atom is -0.324 e. The largest absolute Gasteiger partial charge is 0.324 e. The summed E-state index contributed by atoms with van der Waals surface area (Å²) >= 11 is 1.31. The Kier molecular flexibility index (Phi) is 6.40. The van der Waals surface area contributed by atoms with E-state index >= 15 is 0 Å². The normalized spacial score (nSPS) is 15.6. The fourth-order valence-electron chi connectivity index (χ4n) is 2.53. The Bertz CT molecular complexity index is 1000. The Labute approximate surface area is 177 Å². The zero-order valence-corrected chi connectivity index (χ0v) is 18.8. The van der Waals surface area contributed by atoms with Crippen LogP contribution in [-0.2, 0) is 4.79 Å². The first-order chi connectivity index (χ1) is 13.4. The number of carbonyl (C=O) groups is 1. The van der Waals surface area contributed by atoms with E-state index in [0.717, 1.165) is 16.2 Å². The van der Waals surface area contributed by atoms with E-state index in [1.54, 1.807) is 0 Å². The van der Waals surface area contributed by atoms with E-state index < -0.39 is 5.41 Å². The highest BCUT2D eigenvalue weighted by molar-refractivity contribution is 8.18. The SMILES string of the molecule is Cc1ccc(/N=C2/SC(=C(C#N)C#N)C=C2C(C)(C)C)c(NC(=O)C(C)(C)C)c1. The van der Waals surface area contributed by atoms with Crippen LogP contribution in [0.5, 0.6) is 0 Å². The number of rotatable bonds is 2. The first-order valence-electron chi connectivity index (χ1n) is 9.32. The third-order valence-corrected chi connectivity index (χ3v) is 5.34. The van der Waals surface area contributed by atoms with E-state index in [2.05, 4.69) is 26.1 Å². The molecule has 1 aliphatic heterocycles. The van der Waals surface area contributed by atoms with Gasteiger partial charge >= 0.3 is 0 Å². The van der Waals surface area contributed by atoms with Crippen LogP contribution in [0.25, 0.3) is 0 Å². The van der Waals surface area contributed by atoms with Crippen molar-refractivity contribution in [2.24, 2.45) is 15.8 Å². The molecule has 0 fully saturated rings. The van der Waals surface area contributed by atoms with E-state index in [9.17, 15) is 15.3 Å². The molecule has 150 valence electrons. The Balaban J connectivity index is 2.58. The lowest BCUT2D eigenvalue weighted by molar-refractivity contribution is -0.123. The molecule has 0 atom stereocenters. The molecule has 0 radical (unpaired) electrons. The maximum Gasteiger partial charge on any atom is 0.229 e. The van der Waals surface area contributed by atoms with Crippen molar-refractivity contribution < 1.29 is 4.79 Å². The number of nitrogens with zero attached hydrogens (tertiary/aromatic N) is 3. The summed E-state index contributed by atoms with van der Waals surface area (Å²) < 4.78 is 0. The molecule has 1 aromatic carbocycles. The second kappa shape index (κ2) is 8.27. The highest BCUT2D eigenvalue weighted by Crippen LogP contribution is 2.44. The number of aryl methyl sites for hydroxylation is 1. The summed E-state index contributed by atoms with van der Waals surface area (Å²) in [6.45, 7) is 13.7. The average molecular weight is 407 g/mol. The smallest absolute Gasteiger partial charge is 0.229 e. The van der Waals surface area contributed by atoms with Crippen LogP contribution in [0.15, 0.2) is 45.3 Å². The lowest BCUT2D eigenvalue weighted by Gasteiger charge is -2.21. The van der Waals surface area contributed by atoms with Crippen LogP contribution in [-0.4, -0.2) is 11.0 Å². The standard InChI is InChI=1S/C23H26N4OS/c1-14-8-9-17(18(10-14)27-21(28)23(5,6)7)26-20-16(22(2,3)4)11-19(29-20)15(12-24)13-25/h8-11H,1-7H3,(H,27,28)/b26-20+.